The van der Waals surface area contributed by atoms with Crippen molar-refractivity contribution in [1.82, 2.24) is 19.4 Å². The van der Waals surface area contributed by atoms with Crippen LogP contribution in [0.1, 0.15) is 10.4 Å². The van der Waals surface area contributed by atoms with Crippen LogP contribution in [0.2, 0.25) is 0 Å². The first-order valence-electron chi connectivity index (χ1n) is 9.76. The first kappa shape index (κ1) is 23.2. The number of methoxy groups -OCH3 is 1. The van der Waals surface area contributed by atoms with E-state index in [-0.39, 0.29) is 29.5 Å². The third kappa shape index (κ3) is 5.21. The van der Waals surface area contributed by atoms with Gasteiger partial charge in [0, 0.05) is 37.8 Å². The van der Waals surface area contributed by atoms with Crippen molar-refractivity contribution in [3.05, 3.63) is 76.6 Å². The molecule has 1 heterocycles. The number of ether oxygens (including phenoxy) is 1. The molecule has 9 nitrogen and oxygen atoms in total. The van der Waals surface area contributed by atoms with Crippen LogP contribution >= 0.6 is 0 Å². The zero-order valence-electron chi connectivity index (χ0n) is 18.0. The lowest BCUT2D eigenvalue weighted by Crippen LogP contribution is -2.32. The number of hydrogen-bond donors (Lipinski definition) is 1. The monoisotopic (exact) mass is 456 g/mol. The van der Waals surface area contributed by atoms with E-state index in [9.17, 15) is 18.0 Å². The van der Waals surface area contributed by atoms with E-state index < -0.39 is 10.0 Å². The van der Waals surface area contributed by atoms with Crippen LogP contribution < -0.4 is 15.6 Å². The Morgan fingerprint density at radius 3 is 2.28 bits per heavy atom. The Morgan fingerprint density at radius 1 is 1.03 bits per heavy atom. The number of carbonyl (C=O) groups excluding carboxylic acids is 1. The molecular weight excluding hydrogens is 432 g/mol. The number of sulfonamides is 1. The van der Waals surface area contributed by atoms with Gasteiger partial charge in [-0.05, 0) is 54.6 Å². The summed E-state index contributed by atoms with van der Waals surface area (Å²) < 4.78 is 31.8. The first-order chi connectivity index (χ1) is 15.2. The number of rotatable bonds is 8. The maximum absolute atomic E-state index is 12.4. The molecule has 168 valence electrons. The Hall–Kier alpha value is -3.50. The van der Waals surface area contributed by atoms with Gasteiger partial charge in [-0.25, -0.2) is 17.4 Å². The summed E-state index contributed by atoms with van der Waals surface area (Å²) in [5, 5.41) is 7.08. The van der Waals surface area contributed by atoms with Crippen molar-refractivity contribution in [3.8, 4) is 17.0 Å². The second-order valence-electron chi connectivity index (χ2n) is 7.08. The highest BCUT2D eigenvalue weighted by Crippen LogP contribution is 2.19. The molecule has 1 amide bonds. The lowest BCUT2D eigenvalue weighted by Gasteiger charge is -2.12. The SMILES string of the molecule is COc1ccc(-c2ccc(=O)n(CCNC(=O)c3ccc(S(=O)(=O)N(C)C)cc3)n2)cc1. The third-order valence-electron chi connectivity index (χ3n) is 4.76. The largest absolute Gasteiger partial charge is 0.497 e. The van der Waals surface area contributed by atoms with Gasteiger partial charge in [0.2, 0.25) is 10.0 Å². The van der Waals surface area contributed by atoms with Gasteiger partial charge in [-0.1, -0.05) is 0 Å². The molecule has 1 N–H and O–H groups in total. The van der Waals surface area contributed by atoms with Crippen LogP contribution in [0.15, 0.2) is 70.4 Å². The summed E-state index contributed by atoms with van der Waals surface area (Å²) >= 11 is 0. The Labute approximate surface area is 186 Å². The molecule has 0 bridgehead atoms. The lowest BCUT2D eigenvalue weighted by molar-refractivity contribution is 0.0951. The highest BCUT2D eigenvalue weighted by molar-refractivity contribution is 7.89. The maximum atomic E-state index is 12.4. The lowest BCUT2D eigenvalue weighted by atomic mass is 10.1. The number of carbonyl (C=O) groups is 1. The Balaban J connectivity index is 1.64. The van der Waals surface area contributed by atoms with Crippen LogP contribution in [0.4, 0.5) is 0 Å². The molecule has 0 aliphatic heterocycles. The molecule has 0 radical (unpaired) electrons. The maximum Gasteiger partial charge on any atom is 0.266 e. The minimum atomic E-state index is -3.56. The molecule has 0 spiro atoms. The molecule has 0 saturated heterocycles. The van der Waals surface area contributed by atoms with Crippen molar-refractivity contribution in [2.75, 3.05) is 27.7 Å². The van der Waals surface area contributed by atoms with Crippen LogP contribution in [0.3, 0.4) is 0 Å². The van der Waals surface area contributed by atoms with Crippen molar-refractivity contribution < 1.29 is 17.9 Å². The van der Waals surface area contributed by atoms with Gasteiger partial charge in [-0.2, -0.15) is 5.10 Å². The number of amides is 1. The second kappa shape index (κ2) is 9.75. The third-order valence-corrected chi connectivity index (χ3v) is 6.59. The molecule has 0 saturated carbocycles. The average molecular weight is 457 g/mol. The summed E-state index contributed by atoms with van der Waals surface area (Å²) in [6, 6.07) is 16.0. The van der Waals surface area contributed by atoms with Gasteiger partial charge in [-0.3, -0.25) is 9.59 Å². The summed E-state index contributed by atoms with van der Waals surface area (Å²) in [5.41, 5.74) is 1.48. The quantitative estimate of drug-likeness (QED) is 0.551. The van der Waals surface area contributed by atoms with Crippen LogP contribution in [0.25, 0.3) is 11.3 Å². The highest BCUT2D eigenvalue weighted by Gasteiger charge is 2.17. The predicted molar refractivity (Wildman–Crippen MR) is 120 cm³/mol. The van der Waals surface area contributed by atoms with Gasteiger partial charge in [0.1, 0.15) is 5.75 Å². The van der Waals surface area contributed by atoms with Gasteiger partial charge in [0.15, 0.2) is 0 Å². The second-order valence-corrected chi connectivity index (χ2v) is 9.23. The van der Waals surface area contributed by atoms with Gasteiger partial charge in [-0.15, -0.1) is 0 Å². The summed E-state index contributed by atoms with van der Waals surface area (Å²) in [7, 11) is 0.905. The van der Waals surface area contributed by atoms with Gasteiger partial charge in [0.25, 0.3) is 11.5 Å². The van der Waals surface area contributed by atoms with E-state index in [0.29, 0.717) is 11.3 Å². The fraction of sp³-hybridized carbons (Fsp3) is 0.227. The van der Waals surface area contributed by atoms with E-state index in [1.165, 1.54) is 49.1 Å². The molecule has 0 fully saturated rings. The van der Waals surface area contributed by atoms with Crippen LogP contribution in [-0.2, 0) is 16.6 Å². The number of aromatic nitrogens is 2. The minimum absolute atomic E-state index is 0.102. The molecule has 1 aromatic heterocycles. The Bertz CT molecular complexity index is 1250. The summed E-state index contributed by atoms with van der Waals surface area (Å²) in [6.07, 6.45) is 0. The van der Waals surface area contributed by atoms with Gasteiger partial charge < -0.3 is 10.1 Å². The van der Waals surface area contributed by atoms with Crippen LogP contribution in [-0.4, -0.2) is 56.2 Å². The van der Waals surface area contributed by atoms with Gasteiger partial charge >= 0.3 is 0 Å². The number of benzene rings is 2. The summed E-state index contributed by atoms with van der Waals surface area (Å²) in [4.78, 5) is 24.6. The molecule has 0 aliphatic rings. The molecule has 0 aliphatic carbocycles. The minimum Gasteiger partial charge on any atom is -0.497 e. The van der Waals surface area contributed by atoms with Gasteiger partial charge in [0.05, 0.1) is 24.2 Å². The molecule has 32 heavy (non-hydrogen) atoms. The Morgan fingerprint density at radius 2 is 1.69 bits per heavy atom. The van der Waals surface area contributed by atoms with Crippen molar-refractivity contribution in [1.29, 1.82) is 0 Å². The van der Waals surface area contributed by atoms with E-state index in [1.54, 1.807) is 13.2 Å². The molecule has 0 atom stereocenters. The van der Waals surface area contributed by atoms with E-state index in [2.05, 4.69) is 10.4 Å². The molecular formula is C22H24N4O5S. The van der Waals surface area contributed by atoms with E-state index >= 15 is 0 Å². The average Bonchev–Trinajstić information content (AvgIpc) is 2.80. The van der Waals surface area contributed by atoms with Crippen molar-refractivity contribution in [3.63, 3.8) is 0 Å². The predicted octanol–water partition coefficient (Wildman–Crippen LogP) is 1.60. The zero-order valence-corrected chi connectivity index (χ0v) is 18.8. The molecule has 3 aromatic rings. The van der Waals surface area contributed by atoms with Crippen LogP contribution in [0, 0.1) is 0 Å². The smallest absolute Gasteiger partial charge is 0.266 e. The van der Waals surface area contributed by atoms with E-state index in [0.717, 1.165) is 15.6 Å². The highest BCUT2D eigenvalue weighted by atomic mass is 32.2. The fourth-order valence-corrected chi connectivity index (χ4v) is 3.79. The Kier molecular flexibility index (Phi) is 7.06. The topological polar surface area (TPSA) is 111 Å². The molecule has 2 aromatic carbocycles. The first-order valence-corrected chi connectivity index (χ1v) is 11.2. The fourth-order valence-electron chi connectivity index (χ4n) is 2.89. The van der Waals surface area contributed by atoms with Crippen molar-refractivity contribution in [2.24, 2.45) is 0 Å². The zero-order chi connectivity index (χ0) is 23.3. The van der Waals surface area contributed by atoms with Crippen molar-refractivity contribution >= 4 is 15.9 Å². The van der Waals surface area contributed by atoms with E-state index in [1.807, 2.05) is 24.3 Å². The number of hydrogen-bond acceptors (Lipinski definition) is 6. The van der Waals surface area contributed by atoms with Crippen LogP contribution in [0.5, 0.6) is 5.75 Å². The summed E-state index contributed by atoms with van der Waals surface area (Å²) in [6.45, 7) is 0.358. The van der Waals surface area contributed by atoms with E-state index in [4.69, 9.17) is 4.74 Å². The number of nitrogens with zero attached hydrogens (tertiary/aromatic N) is 3. The normalized spacial score (nSPS) is 11.4. The molecule has 0 unspecified atom stereocenters. The standard InChI is InChI=1S/C22H24N4O5S/c1-25(2)32(29,30)19-10-6-17(7-11-19)22(28)23-14-15-26-21(27)13-12-20(24-26)16-4-8-18(31-3)9-5-16/h4-13H,14-15H2,1-3H3,(H,23,28). The molecule has 3 rings (SSSR count). The summed E-state index contributed by atoms with van der Waals surface area (Å²) in [5.74, 6) is 0.343. The number of nitrogens with one attached hydrogen (secondary N) is 1. The van der Waals surface area contributed by atoms with Crippen molar-refractivity contribution in [2.45, 2.75) is 11.4 Å². The molecule has 10 heteroatoms.